The molecular formula is C13H15Cl2N3. The Hall–Kier alpha value is -1.19. The molecule has 2 rings (SSSR count). The molecule has 5 heteroatoms. The molecule has 1 aromatic heterocycles. The summed E-state index contributed by atoms with van der Waals surface area (Å²) in [5, 5.41) is 9.05. The molecule has 96 valence electrons. The van der Waals surface area contributed by atoms with E-state index in [2.05, 4.69) is 10.4 Å². The van der Waals surface area contributed by atoms with Gasteiger partial charge in [0.1, 0.15) is 0 Å². The number of aryl methyl sites for hydroxylation is 3. The van der Waals surface area contributed by atoms with Crippen molar-refractivity contribution in [3.63, 3.8) is 0 Å². The van der Waals surface area contributed by atoms with E-state index in [0.29, 0.717) is 11.6 Å². The minimum Gasteiger partial charge on any atom is -0.379 e. The number of hydrogen-bond acceptors (Lipinski definition) is 2. The van der Waals surface area contributed by atoms with Crippen molar-refractivity contribution in [1.82, 2.24) is 9.78 Å². The first kappa shape index (κ1) is 13.2. The van der Waals surface area contributed by atoms with Crippen molar-refractivity contribution in [1.29, 1.82) is 0 Å². The minimum atomic E-state index is 0.622. The number of halogens is 2. The van der Waals surface area contributed by atoms with E-state index in [0.717, 1.165) is 27.7 Å². The lowest BCUT2D eigenvalue weighted by molar-refractivity contribution is 0.713. The smallest absolute Gasteiger partial charge is 0.0865 e. The maximum atomic E-state index is 6.20. The Kier molecular flexibility index (Phi) is 3.83. The van der Waals surface area contributed by atoms with Crippen LogP contribution in [-0.4, -0.2) is 9.78 Å². The average molecular weight is 284 g/mol. The van der Waals surface area contributed by atoms with E-state index in [-0.39, 0.29) is 0 Å². The Bertz CT molecular complexity index is 576. The lowest BCUT2D eigenvalue weighted by Crippen LogP contribution is -2.06. The molecule has 1 heterocycles. The molecule has 18 heavy (non-hydrogen) atoms. The zero-order valence-electron chi connectivity index (χ0n) is 10.6. The second-order valence-corrected chi connectivity index (χ2v) is 5.10. The predicted octanol–water partition coefficient (Wildman–Crippen LogP) is 3.96. The fourth-order valence-corrected chi connectivity index (χ4v) is 2.23. The van der Waals surface area contributed by atoms with E-state index in [1.807, 2.05) is 39.1 Å². The second kappa shape index (κ2) is 5.21. The Balaban J connectivity index is 2.19. The highest BCUT2D eigenvalue weighted by atomic mass is 35.5. The van der Waals surface area contributed by atoms with Gasteiger partial charge in [0.2, 0.25) is 0 Å². The fourth-order valence-electron chi connectivity index (χ4n) is 1.84. The Morgan fingerprint density at radius 3 is 2.61 bits per heavy atom. The van der Waals surface area contributed by atoms with Crippen LogP contribution < -0.4 is 5.32 Å². The highest BCUT2D eigenvalue weighted by molar-refractivity contribution is 6.32. The average Bonchev–Trinajstić information content (AvgIpc) is 2.55. The molecule has 0 radical (unpaired) electrons. The lowest BCUT2D eigenvalue weighted by atomic mass is 10.2. The van der Waals surface area contributed by atoms with Crippen molar-refractivity contribution < 1.29 is 0 Å². The summed E-state index contributed by atoms with van der Waals surface area (Å²) < 4.78 is 1.80. The summed E-state index contributed by atoms with van der Waals surface area (Å²) in [5.41, 5.74) is 3.97. The Labute approximate surface area is 117 Å². The van der Waals surface area contributed by atoms with Gasteiger partial charge in [0.25, 0.3) is 0 Å². The molecule has 2 aromatic rings. The number of rotatable bonds is 3. The highest BCUT2D eigenvalue weighted by Crippen LogP contribution is 2.23. The van der Waals surface area contributed by atoms with Crippen molar-refractivity contribution in [2.24, 2.45) is 7.05 Å². The second-order valence-electron chi connectivity index (χ2n) is 4.28. The van der Waals surface area contributed by atoms with Crippen LogP contribution in [0.3, 0.4) is 0 Å². The molecule has 0 spiro atoms. The van der Waals surface area contributed by atoms with Crippen molar-refractivity contribution in [2.45, 2.75) is 20.4 Å². The van der Waals surface area contributed by atoms with E-state index in [4.69, 9.17) is 23.2 Å². The van der Waals surface area contributed by atoms with Gasteiger partial charge in [-0.3, -0.25) is 4.68 Å². The molecule has 0 aliphatic heterocycles. The SMILES string of the molecule is Cc1ccc(Cl)cc1NCc1c(Cl)c(C)nn1C. The fraction of sp³-hybridized carbons (Fsp3) is 0.308. The first-order chi connectivity index (χ1) is 8.49. The molecule has 0 saturated heterocycles. The minimum absolute atomic E-state index is 0.622. The van der Waals surface area contributed by atoms with Gasteiger partial charge in [-0.05, 0) is 31.5 Å². The van der Waals surface area contributed by atoms with Crippen LogP contribution in [0.25, 0.3) is 0 Å². The van der Waals surface area contributed by atoms with Gasteiger partial charge in [-0.25, -0.2) is 0 Å². The van der Waals surface area contributed by atoms with Crippen molar-refractivity contribution in [3.8, 4) is 0 Å². The zero-order chi connectivity index (χ0) is 13.3. The monoisotopic (exact) mass is 283 g/mol. The van der Waals surface area contributed by atoms with Crippen LogP contribution >= 0.6 is 23.2 Å². The quantitative estimate of drug-likeness (QED) is 0.924. The molecule has 0 amide bonds. The van der Waals surface area contributed by atoms with Crippen LogP contribution in [0, 0.1) is 13.8 Å². The normalized spacial score (nSPS) is 10.7. The van der Waals surface area contributed by atoms with Crippen LogP contribution in [0.4, 0.5) is 5.69 Å². The maximum absolute atomic E-state index is 6.20. The van der Waals surface area contributed by atoms with Gasteiger partial charge in [-0.1, -0.05) is 29.3 Å². The van der Waals surface area contributed by atoms with Crippen molar-refractivity contribution in [2.75, 3.05) is 5.32 Å². The molecule has 1 N–H and O–H groups in total. The molecule has 0 aliphatic rings. The standard InChI is InChI=1S/C13H15Cl2N3/c1-8-4-5-10(14)6-11(8)16-7-12-13(15)9(2)17-18(12)3/h4-6,16H,7H2,1-3H3. The first-order valence-electron chi connectivity index (χ1n) is 5.67. The first-order valence-corrected chi connectivity index (χ1v) is 6.42. The molecular weight excluding hydrogens is 269 g/mol. The lowest BCUT2D eigenvalue weighted by Gasteiger charge is -2.10. The number of hydrogen-bond donors (Lipinski definition) is 1. The Morgan fingerprint density at radius 1 is 1.28 bits per heavy atom. The number of nitrogens with zero attached hydrogens (tertiary/aromatic N) is 2. The van der Waals surface area contributed by atoms with Gasteiger partial charge in [-0.2, -0.15) is 5.10 Å². The largest absolute Gasteiger partial charge is 0.379 e. The van der Waals surface area contributed by atoms with E-state index < -0.39 is 0 Å². The van der Waals surface area contributed by atoms with Crippen molar-refractivity contribution in [3.05, 3.63) is 45.2 Å². The van der Waals surface area contributed by atoms with E-state index >= 15 is 0 Å². The predicted molar refractivity (Wildman–Crippen MR) is 76.5 cm³/mol. The summed E-state index contributed by atoms with van der Waals surface area (Å²) in [6, 6.07) is 5.78. The highest BCUT2D eigenvalue weighted by Gasteiger charge is 2.10. The van der Waals surface area contributed by atoms with Crippen LogP contribution in [0.15, 0.2) is 18.2 Å². The Morgan fingerprint density at radius 2 is 2.00 bits per heavy atom. The van der Waals surface area contributed by atoms with Crippen LogP contribution in [0.1, 0.15) is 17.0 Å². The van der Waals surface area contributed by atoms with Gasteiger partial charge in [-0.15, -0.1) is 0 Å². The van der Waals surface area contributed by atoms with E-state index in [9.17, 15) is 0 Å². The molecule has 0 saturated carbocycles. The van der Waals surface area contributed by atoms with Crippen LogP contribution in [0.2, 0.25) is 10.0 Å². The van der Waals surface area contributed by atoms with Crippen LogP contribution in [0.5, 0.6) is 0 Å². The zero-order valence-corrected chi connectivity index (χ0v) is 12.1. The summed E-state index contributed by atoms with van der Waals surface area (Å²) in [6.07, 6.45) is 0. The van der Waals surface area contributed by atoms with E-state index in [1.54, 1.807) is 4.68 Å². The number of benzene rings is 1. The molecule has 0 fully saturated rings. The number of anilines is 1. The number of aromatic nitrogens is 2. The van der Waals surface area contributed by atoms with Gasteiger partial charge >= 0.3 is 0 Å². The molecule has 3 nitrogen and oxygen atoms in total. The topological polar surface area (TPSA) is 29.9 Å². The molecule has 1 aromatic carbocycles. The third kappa shape index (κ3) is 2.62. The summed E-state index contributed by atoms with van der Waals surface area (Å²) in [4.78, 5) is 0. The number of nitrogens with one attached hydrogen (secondary N) is 1. The molecule has 0 bridgehead atoms. The molecule has 0 aliphatic carbocycles. The summed E-state index contributed by atoms with van der Waals surface area (Å²) in [7, 11) is 1.89. The van der Waals surface area contributed by atoms with Gasteiger partial charge in [0.15, 0.2) is 0 Å². The summed E-state index contributed by atoms with van der Waals surface area (Å²) >= 11 is 12.2. The van der Waals surface area contributed by atoms with Gasteiger partial charge < -0.3 is 5.32 Å². The summed E-state index contributed by atoms with van der Waals surface area (Å²) in [6.45, 7) is 4.56. The third-order valence-corrected chi connectivity index (χ3v) is 3.63. The molecule has 0 atom stereocenters. The van der Waals surface area contributed by atoms with E-state index in [1.165, 1.54) is 0 Å². The summed E-state index contributed by atoms with van der Waals surface area (Å²) in [5.74, 6) is 0. The van der Waals surface area contributed by atoms with Gasteiger partial charge in [0, 0.05) is 17.8 Å². The molecule has 0 unspecified atom stereocenters. The van der Waals surface area contributed by atoms with Gasteiger partial charge in [0.05, 0.1) is 23.0 Å². The van der Waals surface area contributed by atoms with Crippen LogP contribution in [-0.2, 0) is 13.6 Å². The maximum Gasteiger partial charge on any atom is 0.0865 e. The third-order valence-electron chi connectivity index (χ3n) is 2.91. The van der Waals surface area contributed by atoms with Crippen molar-refractivity contribution >= 4 is 28.9 Å².